The predicted molar refractivity (Wildman–Crippen MR) is 96.7 cm³/mol. The molecule has 0 unspecified atom stereocenters. The summed E-state index contributed by atoms with van der Waals surface area (Å²) in [5.41, 5.74) is 4.76. The molecule has 2 aromatic carbocycles. The largest absolute Gasteiger partial charge is 0.412 e. The fourth-order valence-electron chi connectivity index (χ4n) is 1.54. The van der Waals surface area contributed by atoms with E-state index in [0.717, 1.165) is 18.2 Å². The summed E-state index contributed by atoms with van der Waals surface area (Å²) in [5, 5.41) is 20.4. The number of carbonyl (C=O) groups is 2. The molecule has 0 aliphatic heterocycles. The summed E-state index contributed by atoms with van der Waals surface area (Å²) < 4.78 is 12.6. The highest BCUT2D eigenvalue weighted by Gasteiger charge is 2.13. The summed E-state index contributed by atoms with van der Waals surface area (Å²) in [6.07, 6.45) is 0.957. The average molecular weight is 386 g/mol. The van der Waals surface area contributed by atoms with Crippen LogP contribution in [-0.2, 0) is 0 Å². The smallest absolute Gasteiger partial charge is 0.305 e. The fourth-order valence-corrected chi connectivity index (χ4v) is 1.54. The van der Waals surface area contributed by atoms with E-state index in [4.69, 9.17) is 5.73 Å². The average Bonchev–Trinajstić information content (AvgIpc) is 2.56. The van der Waals surface area contributed by atoms with Crippen molar-refractivity contribution >= 4 is 29.6 Å². The number of benzene rings is 2. The maximum atomic E-state index is 12.6. The number of nitrogens with zero attached hydrogens (tertiary/aromatic N) is 2. The van der Waals surface area contributed by atoms with Crippen LogP contribution in [0.3, 0.4) is 0 Å². The maximum absolute atomic E-state index is 12.6. The summed E-state index contributed by atoms with van der Waals surface area (Å²) in [4.78, 5) is 39.3. The summed E-state index contributed by atoms with van der Waals surface area (Å²) in [7, 11) is 0. The second-order valence-electron chi connectivity index (χ2n) is 4.28. The minimum absolute atomic E-state index is 0. The number of carbonyl (C=O) groups excluding carboxylic acids is 2. The Morgan fingerprint density at radius 3 is 1.70 bits per heavy atom. The van der Waals surface area contributed by atoms with Crippen molar-refractivity contribution in [3.63, 3.8) is 0 Å². The molecule has 0 spiro atoms. The molecular weight excluding hydrogens is 367 g/mol. The number of rotatable bonds is 4. The van der Waals surface area contributed by atoms with Crippen molar-refractivity contribution in [3.8, 4) is 0 Å². The first-order valence-electron chi connectivity index (χ1n) is 6.18. The monoisotopic (exact) mass is 386 g/mol. The number of nitrogen functional groups attached to an aromatic ring is 1. The van der Waals surface area contributed by atoms with Gasteiger partial charge in [0.05, 0.1) is 9.85 Å². The molecule has 0 aromatic heterocycles. The Balaban J connectivity index is -0.000000384. The van der Waals surface area contributed by atoms with Gasteiger partial charge < -0.3 is 17.4 Å². The van der Waals surface area contributed by atoms with E-state index in [1.54, 1.807) is 0 Å². The zero-order valence-electron chi connectivity index (χ0n) is 13.1. The SMILES string of the molecule is C.N.Nc1ccc(C=O)cc1[N+](=O)[O-].O.O=Cc1ccc(F)c([N+](=O)[O-])c1. The van der Waals surface area contributed by atoms with Crippen LogP contribution in [-0.4, -0.2) is 27.9 Å². The molecule has 2 rings (SSSR count). The summed E-state index contributed by atoms with van der Waals surface area (Å²) in [6, 6.07) is 6.86. The highest BCUT2D eigenvalue weighted by molar-refractivity contribution is 5.78. The number of halogens is 1. The Bertz CT molecular complexity index is 747. The van der Waals surface area contributed by atoms with Gasteiger partial charge in [-0.3, -0.25) is 29.8 Å². The lowest BCUT2D eigenvalue weighted by Crippen LogP contribution is -1.96. The maximum Gasteiger partial charge on any atom is 0.305 e. The Morgan fingerprint density at radius 2 is 1.30 bits per heavy atom. The quantitative estimate of drug-likeness (QED) is 0.343. The van der Waals surface area contributed by atoms with Gasteiger partial charge in [-0.05, 0) is 24.3 Å². The lowest BCUT2D eigenvalue weighted by molar-refractivity contribution is -0.387. The topological polar surface area (TPSA) is 213 Å². The lowest BCUT2D eigenvalue weighted by atomic mass is 10.2. The van der Waals surface area contributed by atoms with Gasteiger partial charge in [0.25, 0.3) is 5.69 Å². The van der Waals surface area contributed by atoms with Crippen LogP contribution in [0.5, 0.6) is 0 Å². The first-order chi connectivity index (χ1) is 11.3. The zero-order valence-corrected chi connectivity index (χ0v) is 13.1. The van der Waals surface area contributed by atoms with Crippen molar-refractivity contribution < 1.29 is 29.3 Å². The van der Waals surface area contributed by atoms with Gasteiger partial charge in [-0.15, -0.1) is 0 Å². The third-order valence-electron chi connectivity index (χ3n) is 2.69. The van der Waals surface area contributed by atoms with E-state index in [9.17, 15) is 34.2 Å². The summed E-state index contributed by atoms with van der Waals surface area (Å²) >= 11 is 0. The number of hydrogen-bond acceptors (Lipinski definition) is 8. The van der Waals surface area contributed by atoms with Gasteiger partial charge >= 0.3 is 5.69 Å². The molecule has 0 saturated heterocycles. The number of nitrogens with two attached hydrogens (primary N) is 1. The van der Waals surface area contributed by atoms with Gasteiger partial charge in [0, 0.05) is 23.3 Å². The van der Waals surface area contributed by atoms with Gasteiger partial charge in [0.15, 0.2) is 0 Å². The molecule has 0 heterocycles. The zero-order chi connectivity index (χ0) is 18.3. The molecule has 0 fully saturated rings. The van der Waals surface area contributed by atoms with Gasteiger partial charge in [-0.25, -0.2) is 0 Å². The molecule has 0 radical (unpaired) electrons. The molecule has 0 atom stereocenters. The van der Waals surface area contributed by atoms with Crippen LogP contribution in [0.4, 0.5) is 21.5 Å². The van der Waals surface area contributed by atoms with E-state index >= 15 is 0 Å². The molecule has 27 heavy (non-hydrogen) atoms. The van der Waals surface area contributed by atoms with E-state index in [0.29, 0.717) is 12.6 Å². The van der Waals surface area contributed by atoms with Crippen molar-refractivity contribution in [1.82, 2.24) is 6.15 Å². The molecular formula is C15H19FN4O7. The summed E-state index contributed by atoms with van der Waals surface area (Å²) in [6.45, 7) is 0. The van der Waals surface area contributed by atoms with E-state index < -0.39 is 21.4 Å². The van der Waals surface area contributed by atoms with E-state index in [1.165, 1.54) is 18.2 Å². The molecule has 0 aliphatic rings. The van der Waals surface area contributed by atoms with Crippen LogP contribution in [0.25, 0.3) is 0 Å². The molecule has 7 N–H and O–H groups in total. The molecule has 0 saturated carbocycles. The Morgan fingerprint density at radius 1 is 0.889 bits per heavy atom. The number of nitro benzene ring substituents is 2. The van der Waals surface area contributed by atoms with Gasteiger partial charge in [0.1, 0.15) is 18.3 Å². The molecule has 148 valence electrons. The third-order valence-corrected chi connectivity index (χ3v) is 2.69. The second-order valence-corrected chi connectivity index (χ2v) is 4.28. The van der Waals surface area contributed by atoms with Crippen molar-refractivity contribution in [1.29, 1.82) is 0 Å². The number of nitro groups is 2. The Labute approximate surface area is 152 Å². The van der Waals surface area contributed by atoms with Crippen molar-refractivity contribution in [2.24, 2.45) is 0 Å². The number of anilines is 1. The minimum Gasteiger partial charge on any atom is -0.412 e. The molecule has 0 bridgehead atoms. The lowest BCUT2D eigenvalue weighted by Gasteiger charge is -1.96. The van der Waals surface area contributed by atoms with Crippen LogP contribution < -0.4 is 11.9 Å². The van der Waals surface area contributed by atoms with Gasteiger partial charge in [-0.2, -0.15) is 4.39 Å². The van der Waals surface area contributed by atoms with Crippen molar-refractivity contribution in [2.75, 3.05) is 5.73 Å². The fraction of sp³-hybridized carbons (Fsp3) is 0.0667. The molecule has 0 aliphatic carbocycles. The van der Waals surface area contributed by atoms with Crippen LogP contribution in [0.15, 0.2) is 36.4 Å². The number of aldehydes is 2. The van der Waals surface area contributed by atoms with Crippen molar-refractivity contribution in [2.45, 2.75) is 7.43 Å². The molecule has 2 aromatic rings. The molecule has 11 nitrogen and oxygen atoms in total. The highest BCUT2D eigenvalue weighted by atomic mass is 19.1. The Hall–Kier alpha value is -3.77. The standard InChI is InChI=1S/C7H4FNO3.C7H6N2O3.CH4.H3N.H2O/c2*8-6-2-1-5(4-10)3-7(6)9(11)12;;;/h1-4H;1-4H,8H2;1H4;1H3;1H2. The highest BCUT2D eigenvalue weighted by Crippen LogP contribution is 2.21. The van der Waals surface area contributed by atoms with Crippen LogP contribution in [0.2, 0.25) is 0 Å². The van der Waals surface area contributed by atoms with Gasteiger partial charge in [-0.1, -0.05) is 7.43 Å². The third kappa shape index (κ3) is 7.76. The first-order valence-corrected chi connectivity index (χ1v) is 6.18. The minimum atomic E-state index is -0.939. The first kappa shape index (κ1) is 28.1. The van der Waals surface area contributed by atoms with Crippen LogP contribution >= 0.6 is 0 Å². The summed E-state index contributed by atoms with van der Waals surface area (Å²) in [5.74, 6) is -0.939. The normalized spacial score (nSPS) is 8.33. The van der Waals surface area contributed by atoms with E-state index in [2.05, 4.69) is 0 Å². The van der Waals surface area contributed by atoms with Crippen molar-refractivity contribution in [3.05, 3.63) is 73.6 Å². The van der Waals surface area contributed by atoms with Gasteiger partial charge in [0.2, 0.25) is 5.82 Å². The molecule has 12 heteroatoms. The molecule has 0 amide bonds. The van der Waals surface area contributed by atoms with Crippen LogP contribution in [0.1, 0.15) is 28.1 Å². The Kier molecular flexibility index (Phi) is 13.1. The van der Waals surface area contributed by atoms with Crippen LogP contribution in [0, 0.1) is 26.0 Å². The van der Waals surface area contributed by atoms with E-state index in [-0.39, 0.29) is 41.6 Å². The predicted octanol–water partition coefficient (Wildman–Crippen LogP) is 2.51. The number of hydrogen-bond donors (Lipinski definition) is 2. The van der Waals surface area contributed by atoms with E-state index in [1.807, 2.05) is 0 Å². The second kappa shape index (κ2) is 12.6.